The third-order valence-corrected chi connectivity index (χ3v) is 11.1. The highest BCUT2D eigenvalue weighted by Crippen LogP contribution is 2.20. The molecule has 1 heterocycles. The van der Waals surface area contributed by atoms with Gasteiger partial charge < -0.3 is 53.2 Å². The Morgan fingerprint density at radius 3 is 1.63 bits per heavy atom. The number of nitrogens with one attached hydrogen (secondary N) is 5. The van der Waals surface area contributed by atoms with Gasteiger partial charge in [0.2, 0.25) is 41.4 Å². The number of likely N-dealkylation sites (tertiary alicyclic amines) is 1. The Hall–Kier alpha value is -5.69. The normalized spacial score (nSPS) is 16.5. The summed E-state index contributed by atoms with van der Waals surface area (Å²) in [4.78, 5) is 108. The number of rotatable bonds is 25. The fourth-order valence-electron chi connectivity index (χ4n) is 7.17. The number of phenolic OH excluding ortho intramolecular Hbond substituents is 1. The molecule has 0 spiro atoms. The van der Waals surface area contributed by atoms with Gasteiger partial charge in [-0.3, -0.25) is 33.6 Å². The van der Waals surface area contributed by atoms with Gasteiger partial charge in [0.15, 0.2) is 0 Å². The number of benzene rings is 2. The number of aliphatic carboxylic acids is 1. The molecule has 63 heavy (non-hydrogen) atoms. The largest absolute Gasteiger partial charge is 0.508 e. The lowest BCUT2D eigenvalue weighted by Gasteiger charge is -2.29. The first-order valence-electron chi connectivity index (χ1n) is 21.2. The lowest BCUT2D eigenvalue weighted by Crippen LogP contribution is -2.60. The number of carboxylic acid groups (broad SMARTS) is 1. The Bertz CT molecular complexity index is 1880. The van der Waals surface area contributed by atoms with Crippen molar-refractivity contribution in [2.24, 2.45) is 23.3 Å². The Labute approximate surface area is 372 Å². The lowest BCUT2D eigenvalue weighted by atomic mass is 9.98. The van der Waals surface area contributed by atoms with Gasteiger partial charge in [0, 0.05) is 19.4 Å². The number of carbonyl (C=O) groups is 8. The van der Waals surface area contributed by atoms with Crippen LogP contribution >= 0.6 is 11.8 Å². The summed E-state index contributed by atoms with van der Waals surface area (Å²) in [5.74, 6) is -6.12. The van der Waals surface area contributed by atoms with Crippen molar-refractivity contribution in [1.82, 2.24) is 31.5 Å². The van der Waals surface area contributed by atoms with E-state index in [9.17, 15) is 48.6 Å². The second kappa shape index (κ2) is 25.4. The average molecular weight is 897 g/mol. The first-order valence-corrected chi connectivity index (χ1v) is 22.6. The topological polar surface area (TPSA) is 292 Å². The average Bonchev–Trinajstić information content (AvgIpc) is 3.72. The number of carbonyl (C=O) groups excluding carboxylic acids is 7. The molecule has 1 saturated heterocycles. The minimum absolute atomic E-state index is 0.0103. The monoisotopic (exact) mass is 896 g/mol. The Balaban J connectivity index is 1.89. The van der Waals surface area contributed by atoms with E-state index >= 15 is 0 Å². The molecule has 11 N–H and O–H groups in total. The zero-order valence-corrected chi connectivity index (χ0v) is 37.5. The second-order valence-corrected chi connectivity index (χ2v) is 17.7. The smallest absolute Gasteiger partial charge is 0.326 e. The molecule has 18 nitrogen and oxygen atoms in total. The highest BCUT2D eigenvalue weighted by atomic mass is 32.2. The number of hydrogen-bond donors (Lipinski definition) is 9. The molecule has 1 fully saturated rings. The molecule has 0 bridgehead atoms. The van der Waals surface area contributed by atoms with Gasteiger partial charge in [-0.2, -0.15) is 11.8 Å². The summed E-state index contributed by atoms with van der Waals surface area (Å²) < 4.78 is 0. The molecule has 0 aliphatic carbocycles. The Morgan fingerprint density at radius 1 is 0.698 bits per heavy atom. The van der Waals surface area contributed by atoms with Crippen LogP contribution in [0.3, 0.4) is 0 Å². The predicted octanol–water partition coefficient (Wildman–Crippen LogP) is 0.725. The highest BCUT2D eigenvalue weighted by Gasteiger charge is 2.39. The van der Waals surface area contributed by atoms with E-state index in [4.69, 9.17) is 11.5 Å². The minimum atomic E-state index is -1.52. The van der Waals surface area contributed by atoms with Gasteiger partial charge in [0.05, 0.1) is 12.5 Å². The van der Waals surface area contributed by atoms with Crippen LogP contribution in [0, 0.1) is 11.8 Å². The summed E-state index contributed by atoms with van der Waals surface area (Å²) in [7, 11) is 0. The molecule has 3 rings (SSSR count). The lowest BCUT2D eigenvalue weighted by molar-refractivity contribution is -0.149. The molecule has 7 amide bonds. The molecule has 346 valence electrons. The third-order valence-electron chi connectivity index (χ3n) is 10.4. The molecule has 0 radical (unpaired) electrons. The van der Waals surface area contributed by atoms with Gasteiger partial charge in [-0.1, -0.05) is 70.2 Å². The quantitative estimate of drug-likeness (QED) is 0.0667. The molecular weight excluding hydrogens is 833 g/mol. The van der Waals surface area contributed by atoms with Crippen LogP contribution in [0.15, 0.2) is 54.6 Å². The number of primary amides is 1. The summed E-state index contributed by atoms with van der Waals surface area (Å²) in [6, 6.07) is 6.31. The summed E-state index contributed by atoms with van der Waals surface area (Å²) in [5.41, 5.74) is 12.8. The molecule has 0 saturated carbocycles. The molecule has 19 heteroatoms. The standard InChI is InChI=1S/C44H64N8O10S/c1-25(2)20-31(49-41(58)33(23-28-13-15-29(53)16-14-28)47-38(55)30(45)17-19-63-5)39(56)48-32(21-26(3)4)40(57)50-34(22-27-10-7-6-8-11-27)42(59)51-35(24-37(46)54)43(60)52-18-9-12-36(52)44(61)62/h6-8,10-11,13-16,25-26,30-36,53H,9,12,17-24,45H2,1-5H3,(H2,46,54)(H,47,55)(H,48,56)(H,49,58)(H,50,57)(H,51,59)(H,61,62). The van der Waals surface area contributed by atoms with Crippen LogP contribution in [0.5, 0.6) is 5.75 Å². The molecular formula is C44H64N8O10S. The van der Waals surface area contributed by atoms with E-state index in [0.29, 0.717) is 29.7 Å². The van der Waals surface area contributed by atoms with E-state index in [1.165, 1.54) is 23.9 Å². The number of carboxylic acids is 1. The van der Waals surface area contributed by atoms with Gasteiger partial charge in [-0.05, 0) is 79.2 Å². The van der Waals surface area contributed by atoms with Crippen molar-refractivity contribution in [3.8, 4) is 5.75 Å². The van der Waals surface area contributed by atoms with Crippen LogP contribution in [0.2, 0.25) is 0 Å². The number of nitrogens with two attached hydrogens (primary N) is 2. The van der Waals surface area contributed by atoms with Gasteiger partial charge in [-0.15, -0.1) is 0 Å². The number of hydrogen-bond acceptors (Lipinski definition) is 11. The summed E-state index contributed by atoms with van der Waals surface area (Å²) in [6.07, 6.45) is 2.42. The number of phenols is 1. The fourth-order valence-corrected chi connectivity index (χ4v) is 7.66. The van der Waals surface area contributed by atoms with E-state index in [2.05, 4.69) is 26.6 Å². The van der Waals surface area contributed by atoms with Crippen LogP contribution in [0.1, 0.15) is 77.3 Å². The van der Waals surface area contributed by atoms with E-state index in [1.54, 1.807) is 42.5 Å². The van der Waals surface area contributed by atoms with Crippen molar-refractivity contribution in [2.45, 2.75) is 121 Å². The van der Waals surface area contributed by atoms with Crippen LogP contribution < -0.4 is 38.1 Å². The summed E-state index contributed by atoms with van der Waals surface area (Å²) in [5, 5.41) is 33.0. The zero-order valence-electron chi connectivity index (χ0n) is 36.6. The molecule has 2 aromatic carbocycles. The van der Waals surface area contributed by atoms with Crippen LogP contribution in [0.4, 0.5) is 0 Å². The van der Waals surface area contributed by atoms with Gasteiger partial charge in [-0.25, -0.2) is 4.79 Å². The second-order valence-electron chi connectivity index (χ2n) is 16.7. The van der Waals surface area contributed by atoms with Crippen LogP contribution in [-0.4, -0.2) is 123 Å². The van der Waals surface area contributed by atoms with Crippen molar-refractivity contribution >= 4 is 59.1 Å². The van der Waals surface area contributed by atoms with Gasteiger partial charge in [0.25, 0.3) is 0 Å². The number of amides is 7. The number of aromatic hydroxyl groups is 1. The number of nitrogens with zero attached hydrogens (tertiary/aromatic N) is 1. The maximum atomic E-state index is 14.2. The Kier molecular flexibility index (Phi) is 20.8. The maximum absolute atomic E-state index is 14.2. The Morgan fingerprint density at radius 2 is 1.16 bits per heavy atom. The molecule has 7 unspecified atom stereocenters. The minimum Gasteiger partial charge on any atom is -0.508 e. The van der Waals surface area contributed by atoms with Crippen molar-refractivity contribution in [3.63, 3.8) is 0 Å². The first-order chi connectivity index (χ1) is 29.8. The SMILES string of the molecule is CSCCC(N)C(=O)NC(Cc1ccc(O)cc1)C(=O)NC(CC(C)C)C(=O)NC(CC(C)C)C(=O)NC(Cc1ccccc1)C(=O)NC(CC(N)=O)C(=O)N1CCCC1C(=O)O. The van der Waals surface area contributed by atoms with Gasteiger partial charge >= 0.3 is 5.97 Å². The third kappa shape index (κ3) is 17.2. The molecule has 1 aliphatic heterocycles. The molecule has 0 aromatic heterocycles. The van der Waals surface area contributed by atoms with Crippen LogP contribution in [0.25, 0.3) is 0 Å². The van der Waals surface area contributed by atoms with E-state index in [1.807, 2.05) is 34.0 Å². The zero-order chi connectivity index (χ0) is 46.8. The van der Waals surface area contributed by atoms with E-state index < -0.39 is 96.0 Å². The van der Waals surface area contributed by atoms with Gasteiger partial charge in [0.1, 0.15) is 42.0 Å². The van der Waals surface area contributed by atoms with Crippen LogP contribution in [-0.2, 0) is 51.2 Å². The predicted molar refractivity (Wildman–Crippen MR) is 238 cm³/mol. The highest BCUT2D eigenvalue weighted by molar-refractivity contribution is 7.98. The summed E-state index contributed by atoms with van der Waals surface area (Å²) >= 11 is 1.52. The fraction of sp³-hybridized carbons (Fsp3) is 0.545. The van der Waals surface area contributed by atoms with Crippen molar-refractivity contribution in [2.75, 3.05) is 18.6 Å². The maximum Gasteiger partial charge on any atom is 0.326 e. The molecule has 1 aliphatic rings. The van der Waals surface area contributed by atoms with Crippen molar-refractivity contribution in [1.29, 1.82) is 0 Å². The molecule has 7 atom stereocenters. The number of thioether (sulfide) groups is 1. The first kappa shape index (κ1) is 51.7. The summed E-state index contributed by atoms with van der Waals surface area (Å²) in [6.45, 7) is 7.45. The van der Waals surface area contributed by atoms with E-state index in [-0.39, 0.29) is 56.2 Å². The van der Waals surface area contributed by atoms with Crippen molar-refractivity contribution < 1.29 is 48.6 Å². The van der Waals surface area contributed by atoms with Crippen molar-refractivity contribution in [3.05, 3.63) is 65.7 Å². The molecule has 2 aromatic rings. The van der Waals surface area contributed by atoms with E-state index in [0.717, 1.165) is 4.90 Å².